The zero-order valence-corrected chi connectivity index (χ0v) is 25.8. The third-order valence-electron chi connectivity index (χ3n) is 7.38. The van der Waals surface area contributed by atoms with E-state index >= 15 is 0 Å². The Kier molecular flexibility index (Phi) is 9.11. The summed E-state index contributed by atoms with van der Waals surface area (Å²) in [5.41, 5.74) is 0.174. The molecule has 1 aromatic rings. The number of hydrogen-bond acceptors (Lipinski definition) is 12. The Labute approximate surface area is 268 Å². The van der Waals surface area contributed by atoms with Crippen molar-refractivity contribution >= 4 is 71.0 Å². The molecule has 0 spiro atoms. The SMILES string of the molecule is CC(=O)OCC1=C(C(=O)O)N2C(=O)[C@@H](NC(=O)c3ccc(C(=O)N[C@@H]4C(=O)N5C(C(=O)O)=C(COC(C)=O)CS[C@H]45)cc3)[C@H]2SC1. The Morgan fingerprint density at radius 2 is 1.07 bits per heavy atom. The number of thioether (sulfide) groups is 2. The molecule has 0 aromatic heterocycles. The van der Waals surface area contributed by atoms with Crippen molar-refractivity contribution in [2.75, 3.05) is 24.7 Å². The minimum Gasteiger partial charge on any atom is -0.477 e. The molecule has 0 bridgehead atoms. The smallest absolute Gasteiger partial charge is 0.352 e. The summed E-state index contributed by atoms with van der Waals surface area (Å²) in [7, 11) is 0. The molecule has 46 heavy (non-hydrogen) atoms. The van der Waals surface area contributed by atoms with Gasteiger partial charge in [-0.15, -0.1) is 23.5 Å². The molecule has 4 aliphatic heterocycles. The number of benzene rings is 1. The lowest BCUT2D eigenvalue weighted by Gasteiger charge is -2.49. The fourth-order valence-corrected chi connectivity index (χ4v) is 7.84. The van der Waals surface area contributed by atoms with Gasteiger partial charge < -0.3 is 30.3 Å². The van der Waals surface area contributed by atoms with Gasteiger partial charge in [0.1, 0.15) is 47.4 Å². The highest BCUT2D eigenvalue weighted by atomic mass is 32.2. The maximum absolute atomic E-state index is 12.9. The first-order valence-corrected chi connectivity index (χ1v) is 15.7. The van der Waals surface area contributed by atoms with Gasteiger partial charge in [-0.05, 0) is 24.3 Å². The molecular formula is C28H26N4O12S2. The zero-order valence-electron chi connectivity index (χ0n) is 24.1. The number of ether oxygens (including phenoxy) is 2. The van der Waals surface area contributed by atoms with Gasteiger partial charge in [0.25, 0.3) is 23.6 Å². The van der Waals surface area contributed by atoms with E-state index in [1.807, 2.05) is 0 Å². The summed E-state index contributed by atoms with van der Waals surface area (Å²) in [6.45, 7) is 1.81. The lowest BCUT2D eigenvalue weighted by Crippen LogP contribution is -2.70. The maximum atomic E-state index is 12.9. The number of nitrogens with one attached hydrogen (secondary N) is 2. The Morgan fingerprint density at radius 3 is 1.37 bits per heavy atom. The minimum atomic E-state index is -1.36. The quantitative estimate of drug-likeness (QED) is 0.182. The van der Waals surface area contributed by atoms with Crippen LogP contribution in [0.1, 0.15) is 34.6 Å². The van der Waals surface area contributed by atoms with Gasteiger partial charge in [-0.2, -0.15) is 0 Å². The van der Waals surface area contributed by atoms with Crippen molar-refractivity contribution in [1.29, 1.82) is 0 Å². The zero-order chi connectivity index (χ0) is 33.4. The summed E-state index contributed by atoms with van der Waals surface area (Å²) in [6.07, 6.45) is 0. The summed E-state index contributed by atoms with van der Waals surface area (Å²) in [5, 5.41) is 23.2. The number of amides is 4. The average Bonchev–Trinajstić information content (AvgIpc) is 3.02. The molecule has 4 aliphatic rings. The van der Waals surface area contributed by atoms with Crippen LogP contribution in [0, 0.1) is 0 Å². The molecule has 2 saturated heterocycles. The number of hydrogen-bond donors (Lipinski definition) is 4. The van der Waals surface area contributed by atoms with E-state index in [0.29, 0.717) is 0 Å². The first kappa shape index (κ1) is 32.6. The molecule has 4 atom stereocenters. The maximum Gasteiger partial charge on any atom is 0.352 e. The van der Waals surface area contributed by atoms with Crippen LogP contribution >= 0.6 is 23.5 Å². The molecule has 0 radical (unpaired) electrons. The molecule has 5 rings (SSSR count). The van der Waals surface area contributed by atoms with E-state index < -0.39 is 70.3 Å². The predicted molar refractivity (Wildman–Crippen MR) is 158 cm³/mol. The van der Waals surface area contributed by atoms with Gasteiger partial charge in [-0.3, -0.25) is 38.6 Å². The Morgan fingerprint density at radius 1 is 0.717 bits per heavy atom. The monoisotopic (exact) mass is 674 g/mol. The number of rotatable bonds is 10. The van der Waals surface area contributed by atoms with Crippen LogP contribution in [-0.4, -0.2) is 115 Å². The van der Waals surface area contributed by atoms with Crippen LogP contribution in [0.3, 0.4) is 0 Å². The summed E-state index contributed by atoms with van der Waals surface area (Å²) in [4.78, 5) is 99.7. The van der Waals surface area contributed by atoms with Crippen molar-refractivity contribution in [2.45, 2.75) is 36.7 Å². The molecule has 2 fully saturated rings. The van der Waals surface area contributed by atoms with Crippen LogP contribution < -0.4 is 10.6 Å². The van der Waals surface area contributed by atoms with Gasteiger partial charge in [0.15, 0.2) is 0 Å². The van der Waals surface area contributed by atoms with Crippen LogP contribution in [0.5, 0.6) is 0 Å². The largest absolute Gasteiger partial charge is 0.477 e. The van der Waals surface area contributed by atoms with Crippen molar-refractivity contribution in [3.8, 4) is 0 Å². The molecule has 4 heterocycles. The summed E-state index contributed by atoms with van der Waals surface area (Å²) in [6, 6.07) is 3.35. The van der Waals surface area contributed by atoms with Gasteiger partial charge in [0.2, 0.25) is 0 Å². The predicted octanol–water partition coefficient (Wildman–Crippen LogP) is -0.483. The van der Waals surface area contributed by atoms with E-state index in [1.54, 1.807) is 0 Å². The van der Waals surface area contributed by atoms with E-state index in [0.717, 1.165) is 9.80 Å². The summed E-state index contributed by atoms with van der Waals surface area (Å²) < 4.78 is 9.81. The summed E-state index contributed by atoms with van der Waals surface area (Å²) >= 11 is 2.43. The van der Waals surface area contributed by atoms with Crippen LogP contribution in [0.4, 0.5) is 0 Å². The molecule has 1 aromatic carbocycles. The molecule has 4 N–H and O–H groups in total. The number of carbonyl (C=O) groups excluding carboxylic acids is 6. The number of fused-ring (bicyclic) bond motifs is 2. The number of carboxylic acid groups (broad SMARTS) is 2. The molecule has 242 valence electrons. The number of esters is 2. The van der Waals surface area contributed by atoms with Crippen LogP contribution in [-0.2, 0) is 38.2 Å². The van der Waals surface area contributed by atoms with Crippen LogP contribution in [0.15, 0.2) is 46.8 Å². The number of nitrogens with zero attached hydrogens (tertiary/aromatic N) is 2. The lowest BCUT2D eigenvalue weighted by atomic mass is 10.0. The second-order valence-electron chi connectivity index (χ2n) is 10.4. The fourth-order valence-electron chi connectivity index (χ4n) is 5.19. The van der Waals surface area contributed by atoms with Gasteiger partial charge in [0.05, 0.1) is 0 Å². The number of carboxylic acids is 2. The van der Waals surface area contributed by atoms with Gasteiger partial charge in [0, 0.05) is 47.6 Å². The minimum absolute atomic E-state index is 0.110. The Balaban J connectivity index is 1.19. The Hall–Kier alpha value is -4.84. The number of aliphatic carboxylic acids is 2. The van der Waals surface area contributed by atoms with E-state index in [-0.39, 0.29) is 58.4 Å². The second kappa shape index (κ2) is 12.9. The van der Waals surface area contributed by atoms with E-state index in [1.165, 1.54) is 61.6 Å². The van der Waals surface area contributed by atoms with E-state index in [4.69, 9.17) is 9.47 Å². The number of β-lactam (4-membered cyclic amide) rings is 2. The molecule has 18 heteroatoms. The van der Waals surface area contributed by atoms with Gasteiger partial charge >= 0.3 is 23.9 Å². The standard InChI is InChI=1S/C28H26N4O12S2/c1-11(33)43-7-15-9-45-25-17(23(37)31(25)19(15)27(39)40)29-21(35)13-3-5-14(6-4-13)22(36)30-18-24(38)32-20(28(41)42)16(8-44-12(2)34)10-46-26(18)32/h3-6,17-18,25-26H,7-10H2,1-2H3,(H,29,35)(H,30,36)(H,39,40)(H,41,42)/t17-,18-,25-,26-/m1/s1. The van der Waals surface area contributed by atoms with Crippen molar-refractivity contribution in [3.63, 3.8) is 0 Å². The lowest BCUT2D eigenvalue weighted by molar-refractivity contribution is -0.149. The molecule has 0 aliphatic carbocycles. The topological polar surface area (TPSA) is 226 Å². The van der Waals surface area contributed by atoms with Crippen LogP contribution in [0.2, 0.25) is 0 Å². The first-order valence-electron chi connectivity index (χ1n) is 13.6. The molecule has 0 unspecified atom stereocenters. The highest BCUT2D eigenvalue weighted by molar-refractivity contribution is 8.00. The number of carbonyl (C=O) groups is 8. The average molecular weight is 675 g/mol. The van der Waals surface area contributed by atoms with Crippen molar-refractivity contribution < 1.29 is 58.0 Å². The first-order chi connectivity index (χ1) is 21.8. The third-order valence-corrected chi connectivity index (χ3v) is 10.1. The molecule has 16 nitrogen and oxygen atoms in total. The Bertz CT molecular complexity index is 1520. The van der Waals surface area contributed by atoms with Crippen molar-refractivity contribution in [2.24, 2.45) is 0 Å². The van der Waals surface area contributed by atoms with E-state index in [9.17, 15) is 48.6 Å². The van der Waals surface area contributed by atoms with E-state index in [2.05, 4.69) is 10.6 Å². The van der Waals surface area contributed by atoms with Crippen molar-refractivity contribution in [1.82, 2.24) is 20.4 Å². The van der Waals surface area contributed by atoms with Gasteiger partial charge in [-0.1, -0.05) is 0 Å². The van der Waals surface area contributed by atoms with Gasteiger partial charge in [-0.25, -0.2) is 9.59 Å². The normalized spacial score (nSPS) is 23.3. The third kappa shape index (κ3) is 6.04. The highest BCUT2D eigenvalue weighted by Gasteiger charge is 2.55. The molecule has 4 amide bonds. The highest BCUT2D eigenvalue weighted by Crippen LogP contribution is 2.41. The second-order valence-corrected chi connectivity index (χ2v) is 12.6. The van der Waals surface area contributed by atoms with Crippen LogP contribution in [0.25, 0.3) is 0 Å². The molecular weight excluding hydrogens is 648 g/mol. The van der Waals surface area contributed by atoms with Crippen molar-refractivity contribution in [3.05, 3.63) is 57.9 Å². The summed E-state index contributed by atoms with van der Waals surface area (Å²) in [5.74, 6) is -6.14. The fraction of sp³-hybridized carbons (Fsp3) is 0.357. The molecule has 0 saturated carbocycles.